The molecular weight excluding hydrogens is 324 g/mol. The van der Waals surface area contributed by atoms with E-state index < -0.39 is 11.7 Å². The summed E-state index contributed by atoms with van der Waals surface area (Å²) >= 11 is 3.33. The molecule has 0 aliphatic heterocycles. The van der Waals surface area contributed by atoms with Gasteiger partial charge in [-0.25, -0.2) is 4.79 Å². The molecule has 1 N–H and O–H groups in total. The first-order valence-corrected chi connectivity index (χ1v) is 6.76. The van der Waals surface area contributed by atoms with Gasteiger partial charge < -0.3 is 5.11 Å². The zero-order chi connectivity index (χ0) is 14.9. The lowest BCUT2D eigenvalue weighted by molar-refractivity contribution is -0.136. The number of carboxylic acids is 1. The van der Waals surface area contributed by atoms with Gasteiger partial charge in [0.1, 0.15) is 0 Å². The van der Waals surface area contributed by atoms with Crippen molar-refractivity contribution < 1.29 is 9.90 Å². The van der Waals surface area contributed by atoms with Gasteiger partial charge >= 0.3 is 11.7 Å². The summed E-state index contributed by atoms with van der Waals surface area (Å²) in [4.78, 5) is 26.9. The highest BCUT2D eigenvalue weighted by Gasteiger charge is 2.15. The lowest BCUT2D eigenvalue weighted by Crippen LogP contribution is -2.27. The smallest absolute Gasteiger partial charge is 0.352 e. The standard InChI is InChI=1S/C14H13BrN2O3/c1-8-12(7-13(18)19)9(2)17(14(20)16-8)11-5-3-10(15)4-6-11/h3-6H,7H2,1-2H3,(H,18,19). The monoisotopic (exact) mass is 336 g/mol. The number of hydrogen-bond acceptors (Lipinski definition) is 3. The third-order valence-corrected chi connectivity index (χ3v) is 3.61. The second kappa shape index (κ2) is 5.58. The van der Waals surface area contributed by atoms with Gasteiger partial charge in [-0.15, -0.1) is 0 Å². The van der Waals surface area contributed by atoms with E-state index in [0.717, 1.165) is 4.47 Å². The highest BCUT2D eigenvalue weighted by atomic mass is 79.9. The second-order valence-electron chi connectivity index (χ2n) is 4.43. The van der Waals surface area contributed by atoms with E-state index in [1.54, 1.807) is 26.0 Å². The lowest BCUT2D eigenvalue weighted by atomic mass is 10.1. The Morgan fingerprint density at radius 1 is 1.30 bits per heavy atom. The zero-order valence-corrected chi connectivity index (χ0v) is 12.6. The van der Waals surface area contributed by atoms with Crippen molar-refractivity contribution in [2.45, 2.75) is 20.3 Å². The lowest BCUT2D eigenvalue weighted by Gasteiger charge is -2.14. The van der Waals surface area contributed by atoms with Crippen molar-refractivity contribution in [3.63, 3.8) is 0 Å². The molecule has 1 aromatic heterocycles. The average molecular weight is 337 g/mol. The van der Waals surface area contributed by atoms with Crippen LogP contribution < -0.4 is 5.69 Å². The Hall–Kier alpha value is -1.95. The number of aromatic nitrogens is 2. The maximum Gasteiger partial charge on any atom is 0.352 e. The van der Waals surface area contributed by atoms with Gasteiger partial charge in [-0.1, -0.05) is 15.9 Å². The second-order valence-corrected chi connectivity index (χ2v) is 5.34. The number of aryl methyl sites for hydroxylation is 1. The minimum atomic E-state index is -0.945. The number of halogens is 1. The summed E-state index contributed by atoms with van der Waals surface area (Å²) in [5.41, 5.74) is 1.89. The predicted molar refractivity (Wildman–Crippen MR) is 78.3 cm³/mol. The minimum absolute atomic E-state index is 0.151. The molecule has 0 aliphatic carbocycles. The van der Waals surface area contributed by atoms with Gasteiger partial charge in [0.2, 0.25) is 0 Å². The topological polar surface area (TPSA) is 72.2 Å². The fraction of sp³-hybridized carbons (Fsp3) is 0.214. The van der Waals surface area contributed by atoms with E-state index in [2.05, 4.69) is 20.9 Å². The quantitative estimate of drug-likeness (QED) is 0.932. The maximum absolute atomic E-state index is 12.1. The van der Waals surface area contributed by atoms with Gasteiger partial charge in [0.05, 0.1) is 12.1 Å². The van der Waals surface area contributed by atoms with Crippen molar-refractivity contribution in [2.75, 3.05) is 0 Å². The highest BCUT2D eigenvalue weighted by Crippen LogP contribution is 2.17. The first-order chi connectivity index (χ1) is 9.40. The number of rotatable bonds is 3. The van der Waals surface area contributed by atoms with Gasteiger partial charge in [0.25, 0.3) is 0 Å². The number of aliphatic carboxylic acids is 1. The molecule has 5 nitrogen and oxygen atoms in total. The molecule has 0 unspecified atom stereocenters. The van der Waals surface area contributed by atoms with Crippen LogP contribution in [0.2, 0.25) is 0 Å². The van der Waals surface area contributed by atoms with Crippen molar-refractivity contribution in [3.05, 3.63) is 56.2 Å². The summed E-state index contributed by atoms with van der Waals surface area (Å²) in [5.74, 6) is -0.945. The van der Waals surface area contributed by atoms with Crippen LogP contribution in [0.25, 0.3) is 5.69 Å². The molecule has 0 bridgehead atoms. The van der Waals surface area contributed by atoms with Crippen LogP contribution in [0.15, 0.2) is 33.5 Å². The SMILES string of the molecule is Cc1nc(=O)n(-c2ccc(Br)cc2)c(C)c1CC(=O)O. The summed E-state index contributed by atoms with van der Waals surface area (Å²) in [6, 6.07) is 7.19. The van der Waals surface area contributed by atoms with Crippen LogP contribution in [0.5, 0.6) is 0 Å². The van der Waals surface area contributed by atoms with Crippen LogP contribution in [0, 0.1) is 13.8 Å². The van der Waals surface area contributed by atoms with Crippen molar-refractivity contribution in [2.24, 2.45) is 0 Å². The fourth-order valence-corrected chi connectivity index (χ4v) is 2.37. The first kappa shape index (κ1) is 14.5. The van der Waals surface area contributed by atoms with E-state index >= 15 is 0 Å². The normalized spacial score (nSPS) is 10.6. The Labute approximate surface area is 124 Å². The van der Waals surface area contributed by atoms with Gasteiger partial charge in [-0.3, -0.25) is 9.36 Å². The highest BCUT2D eigenvalue weighted by molar-refractivity contribution is 9.10. The van der Waals surface area contributed by atoms with Crippen LogP contribution in [-0.2, 0) is 11.2 Å². The van der Waals surface area contributed by atoms with Crippen LogP contribution in [0.4, 0.5) is 0 Å². The summed E-state index contributed by atoms with van der Waals surface area (Å²) in [6.45, 7) is 3.38. The van der Waals surface area contributed by atoms with Crippen molar-refractivity contribution in [1.82, 2.24) is 9.55 Å². The molecule has 2 rings (SSSR count). The molecule has 0 spiro atoms. The molecule has 0 aliphatic rings. The van der Waals surface area contributed by atoms with Gasteiger partial charge in [-0.05, 0) is 38.1 Å². The van der Waals surface area contributed by atoms with E-state index in [1.165, 1.54) is 4.57 Å². The molecule has 0 saturated heterocycles. The molecule has 0 radical (unpaired) electrons. The van der Waals surface area contributed by atoms with E-state index in [0.29, 0.717) is 22.6 Å². The van der Waals surface area contributed by atoms with Crippen LogP contribution >= 0.6 is 15.9 Å². The van der Waals surface area contributed by atoms with Crippen LogP contribution in [0.1, 0.15) is 17.0 Å². The van der Waals surface area contributed by atoms with Crippen molar-refractivity contribution in [1.29, 1.82) is 0 Å². The van der Waals surface area contributed by atoms with Gasteiger partial charge in [0, 0.05) is 21.4 Å². The van der Waals surface area contributed by atoms with E-state index in [-0.39, 0.29) is 6.42 Å². The van der Waals surface area contributed by atoms with Crippen molar-refractivity contribution >= 4 is 21.9 Å². The summed E-state index contributed by atoms with van der Waals surface area (Å²) in [7, 11) is 0. The third kappa shape index (κ3) is 2.80. The van der Waals surface area contributed by atoms with Crippen LogP contribution in [-0.4, -0.2) is 20.6 Å². The summed E-state index contributed by atoms with van der Waals surface area (Å²) < 4.78 is 2.33. The first-order valence-electron chi connectivity index (χ1n) is 5.97. The number of carbonyl (C=O) groups is 1. The Morgan fingerprint density at radius 3 is 2.45 bits per heavy atom. The maximum atomic E-state index is 12.1. The molecule has 1 heterocycles. The molecule has 104 valence electrons. The number of hydrogen-bond donors (Lipinski definition) is 1. The molecule has 0 saturated carbocycles. The molecule has 20 heavy (non-hydrogen) atoms. The van der Waals surface area contributed by atoms with Gasteiger partial charge in [-0.2, -0.15) is 4.98 Å². The summed E-state index contributed by atoms with van der Waals surface area (Å²) in [5, 5.41) is 8.96. The van der Waals surface area contributed by atoms with E-state index in [9.17, 15) is 9.59 Å². The average Bonchev–Trinajstić information content (AvgIpc) is 2.36. The number of nitrogens with zero attached hydrogens (tertiary/aromatic N) is 2. The largest absolute Gasteiger partial charge is 0.481 e. The molecule has 2 aromatic rings. The molecule has 0 atom stereocenters. The molecule has 1 aromatic carbocycles. The van der Waals surface area contributed by atoms with Crippen molar-refractivity contribution in [3.8, 4) is 5.69 Å². The van der Waals surface area contributed by atoms with Gasteiger partial charge in [0.15, 0.2) is 0 Å². The van der Waals surface area contributed by atoms with E-state index in [1.807, 2.05) is 12.1 Å². The Morgan fingerprint density at radius 2 is 1.90 bits per heavy atom. The molecule has 6 heteroatoms. The Bertz CT molecular complexity index is 720. The molecule has 0 fully saturated rings. The minimum Gasteiger partial charge on any atom is -0.481 e. The summed E-state index contributed by atoms with van der Waals surface area (Å²) in [6.07, 6.45) is -0.151. The molecule has 0 amide bonds. The van der Waals surface area contributed by atoms with E-state index in [4.69, 9.17) is 5.11 Å². The zero-order valence-electron chi connectivity index (χ0n) is 11.1. The van der Waals surface area contributed by atoms with Crippen LogP contribution in [0.3, 0.4) is 0 Å². The fourth-order valence-electron chi connectivity index (χ4n) is 2.10. The Kier molecular flexibility index (Phi) is 4.04. The molecular formula is C14H13BrN2O3. The number of carboxylic acid groups (broad SMARTS) is 1. The Balaban J connectivity index is 2.67. The number of benzene rings is 1. The predicted octanol–water partition coefficient (Wildman–Crippen LogP) is 2.24. The third-order valence-electron chi connectivity index (χ3n) is 3.08.